The summed E-state index contributed by atoms with van der Waals surface area (Å²) in [5.41, 5.74) is 0.401. The molecule has 1 aliphatic heterocycles. The number of ether oxygens (including phenoxy) is 1. The van der Waals surface area contributed by atoms with Crippen molar-refractivity contribution in [2.24, 2.45) is 0 Å². The number of amides is 1. The van der Waals surface area contributed by atoms with Gasteiger partial charge in [0.1, 0.15) is 5.69 Å². The van der Waals surface area contributed by atoms with Gasteiger partial charge in [-0.25, -0.2) is 0 Å². The summed E-state index contributed by atoms with van der Waals surface area (Å²) >= 11 is 5.78. The lowest BCUT2D eigenvalue weighted by atomic mass is 10.0. The molecule has 2 N–H and O–H groups in total. The van der Waals surface area contributed by atoms with E-state index in [2.05, 4.69) is 29.0 Å². The fourth-order valence-corrected chi connectivity index (χ4v) is 2.33. The van der Waals surface area contributed by atoms with Crippen molar-refractivity contribution in [3.05, 3.63) is 23.0 Å². The van der Waals surface area contributed by atoms with Gasteiger partial charge in [0, 0.05) is 31.4 Å². The van der Waals surface area contributed by atoms with Gasteiger partial charge in [-0.1, -0.05) is 11.6 Å². The van der Waals surface area contributed by atoms with Crippen molar-refractivity contribution in [2.45, 2.75) is 19.4 Å². The molecule has 1 aliphatic rings. The highest BCUT2D eigenvalue weighted by molar-refractivity contribution is 6.30. The highest BCUT2D eigenvalue weighted by atomic mass is 35.5. The second-order valence-electron chi connectivity index (χ2n) is 5.33. The maximum absolute atomic E-state index is 11.9. The third kappa shape index (κ3) is 3.72. The average Bonchev–Trinajstić information content (AvgIpc) is 2.84. The predicted octanol–water partition coefficient (Wildman–Crippen LogP) is 1.51. The number of morpholine rings is 1. The van der Waals surface area contributed by atoms with Gasteiger partial charge >= 0.3 is 0 Å². The molecule has 5 nitrogen and oxygen atoms in total. The summed E-state index contributed by atoms with van der Waals surface area (Å²) < 4.78 is 5.34. The Bertz CT molecular complexity index is 439. The summed E-state index contributed by atoms with van der Waals surface area (Å²) in [5, 5.41) is 3.48. The molecule has 0 spiro atoms. The molecule has 2 heterocycles. The fourth-order valence-electron chi connectivity index (χ4n) is 2.17. The van der Waals surface area contributed by atoms with Crippen LogP contribution in [0.3, 0.4) is 0 Å². The van der Waals surface area contributed by atoms with E-state index in [1.165, 1.54) is 0 Å². The summed E-state index contributed by atoms with van der Waals surface area (Å²) in [6.07, 6.45) is 1.60. The number of nitrogens with one attached hydrogen (secondary N) is 2. The molecule has 2 rings (SSSR count). The zero-order valence-corrected chi connectivity index (χ0v) is 12.1. The molecule has 0 bridgehead atoms. The molecular formula is C13H20ClN3O2. The number of carbonyl (C=O) groups excluding carboxylic acids is 1. The molecule has 0 aromatic carbocycles. The molecule has 1 fully saturated rings. The van der Waals surface area contributed by atoms with E-state index < -0.39 is 0 Å². The normalized spacial score (nSPS) is 17.4. The van der Waals surface area contributed by atoms with E-state index in [0.29, 0.717) is 17.3 Å². The largest absolute Gasteiger partial charge is 0.379 e. The van der Waals surface area contributed by atoms with Crippen molar-refractivity contribution in [1.82, 2.24) is 15.2 Å². The van der Waals surface area contributed by atoms with Crippen molar-refractivity contribution in [3.8, 4) is 0 Å². The van der Waals surface area contributed by atoms with Crippen LogP contribution in [-0.4, -0.2) is 54.2 Å². The van der Waals surface area contributed by atoms with Gasteiger partial charge in [0.2, 0.25) is 0 Å². The van der Waals surface area contributed by atoms with E-state index in [9.17, 15) is 4.79 Å². The van der Waals surface area contributed by atoms with Crippen molar-refractivity contribution in [3.63, 3.8) is 0 Å². The van der Waals surface area contributed by atoms with Gasteiger partial charge in [-0.15, -0.1) is 0 Å². The van der Waals surface area contributed by atoms with Gasteiger partial charge in [-0.3, -0.25) is 9.69 Å². The van der Waals surface area contributed by atoms with E-state index in [-0.39, 0.29) is 11.4 Å². The van der Waals surface area contributed by atoms with Crippen LogP contribution < -0.4 is 5.32 Å². The van der Waals surface area contributed by atoms with Gasteiger partial charge in [0.25, 0.3) is 5.91 Å². The third-order valence-electron chi connectivity index (χ3n) is 3.44. The smallest absolute Gasteiger partial charge is 0.267 e. The summed E-state index contributed by atoms with van der Waals surface area (Å²) in [7, 11) is 0. The number of hydrogen-bond acceptors (Lipinski definition) is 3. The minimum atomic E-state index is -0.131. The van der Waals surface area contributed by atoms with Crippen molar-refractivity contribution >= 4 is 17.5 Å². The zero-order valence-electron chi connectivity index (χ0n) is 11.3. The van der Waals surface area contributed by atoms with Crippen LogP contribution in [-0.2, 0) is 4.74 Å². The van der Waals surface area contributed by atoms with Crippen molar-refractivity contribution < 1.29 is 9.53 Å². The lowest BCUT2D eigenvalue weighted by Crippen LogP contribution is -2.55. The summed E-state index contributed by atoms with van der Waals surface area (Å²) in [6.45, 7) is 8.14. The van der Waals surface area contributed by atoms with Crippen LogP contribution in [0, 0.1) is 0 Å². The molecule has 1 aromatic rings. The summed E-state index contributed by atoms with van der Waals surface area (Å²) in [4.78, 5) is 17.1. The van der Waals surface area contributed by atoms with Gasteiger partial charge < -0.3 is 15.0 Å². The number of halogens is 1. The van der Waals surface area contributed by atoms with E-state index in [1.54, 1.807) is 12.3 Å². The van der Waals surface area contributed by atoms with E-state index in [1.807, 2.05) is 0 Å². The van der Waals surface area contributed by atoms with Crippen LogP contribution in [0.1, 0.15) is 24.3 Å². The molecule has 0 aliphatic carbocycles. The van der Waals surface area contributed by atoms with Crippen LogP contribution in [0.25, 0.3) is 0 Å². The van der Waals surface area contributed by atoms with Gasteiger partial charge in [-0.2, -0.15) is 0 Å². The van der Waals surface area contributed by atoms with Crippen LogP contribution >= 0.6 is 11.6 Å². The van der Waals surface area contributed by atoms with Crippen LogP contribution in [0.2, 0.25) is 5.02 Å². The highest BCUT2D eigenvalue weighted by Gasteiger charge is 2.28. The molecule has 19 heavy (non-hydrogen) atoms. The number of aromatic nitrogens is 1. The molecule has 106 valence electrons. The first-order chi connectivity index (χ1) is 8.99. The summed E-state index contributed by atoms with van der Waals surface area (Å²) in [6, 6.07) is 1.62. The number of aromatic amines is 1. The topological polar surface area (TPSA) is 57.4 Å². The van der Waals surface area contributed by atoms with Crippen LogP contribution in [0.4, 0.5) is 0 Å². The van der Waals surface area contributed by atoms with E-state index in [0.717, 1.165) is 26.3 Å². The predicted molar refractivity (Wildman–Crippen MR) is 74.6 cm³/mol. The minimum absolute atomic E-state index is 0.0875. The van der Waals surface area contributed by atoms with Crippen molar-refractivity contribution in [1.29, 1.82) is 0 Å². The summed E-state index contributed by atoms with van der Waals surface area (Å²) in [5.74, 6) is -0.131. The lowest BCUT2D eigenvalue weighted by Gasteiger charge is -2.40. The van der Waals surface area contributed by atoms with Gasteiger partial charge in [0.05, 0.1) is 18.2 Å². The first-order valence-corrected chi connectivity index (χ1v) is 6.82. The molecule has 0 radical (unpaired) electrons. The Morgan fingerprint density at radius 3 is 2.79 bits per heavy atom. The Labute approximate surface area is 118 Å². The Kier molecular flexibility index (Phi) is 4.50. The third-order valence-corrected chi connectivity index (χ3v) is 3.66. The van der Waals surface area contributed by atoms with Crippen LogP contribution in [0.5, 0.6) is 0 Å². The number of carbonyl (C=O) groups is 1. The first kappa shape index (κ1) is 14.4. The maximum Gasteiger partial charge on any atom is 0.267 e. The monoisotopic (exact) mass is 285 g/mol. The number of rotatable bonds is 4. The van der Waals surface area contributed by atoms with E-state index in [4.69, 9.17) is 16.3 Å². The quantitative estimate of drug-likeness (QED) is 0.882. The Morgan fingerprint density at radius 2 is 2.21 bits per heavy atom. The average molecular weight is 286 g/mol. The number of hydrogen-bond donors (Lipinski definition) is 2. The fraction of sp³-hybridized carbons (Fsp3) is 0.615. The van der Waals surface area contributed by atoms with Crippen molar-refractivity contribution in [2.75, 3.05) is 32.8 Å². The Balaban J connectivity index is 1.88. The number of nitrogens with zero attached hydrogens (tertiary/aromatic N) is 1. The minimum Gasteiger partial charge on any atom is -0.379 e. The standard InChI is InChI=1S/C13H20ClN3O2/c1-13(2,17-3-5-19-6-4-17)9-16-12(18)11-7-10(14)8-15-11/h7-8,15H,3-6,9H2,1-2H3,(H,16,18). The van der Waals surface area contributed by atoms with Gasteiger partial charge in [0.15, 0.2) is 0 Å². The molecule has 1 aromatic heterocycles. The highest BCUT2D eigenvalue weighted by Crippen LogP contribution is 2.15. The first-order valence-electron chi connectivity index (χ1n) is 6.44. The lowest BCUT2D eigenvalue weighted by molar-refractivity contribution is -0.00924. The van der Waals surface area contributed by atoms with Gasteiger partial charge in [-0.05, 0) is 19.9 Å². The second kappa shape index (κ2) is 5.94. The van der Waals surface area contributed by atoms with E-state index >= 15 is 0 Å². The number of H-pyrrole nitrogens is 1. The molecular weight excluding hydrogens is 266 g/mol. The zero-order chi connectivity index (χ0) is 13.9. The maximum atomic E-state index is 11.9. The Hall–Kier alpha value is -1.04. The SMILES string of the molecule is CC(C)(CNC(=O)c1cc(Cl)c[nH]1)N1CCOCC1. The Morgan fingerprint density at radius 1 is 1.53 bits per heavy atom. The second-order valence-corrected chi connectivity index (χ2v) is 5.76. The van der Waals surface area contributed by atoms with Crippen LogP contribution in [0.15, 0.2) is 12.3 Å². The molecule has 1 amide bonds. The molecule has 1 saturated heterocycles. The molecule has 0 saturated carbocycles. The molecule has 6 heteroatoms. The molecule has 0 unspecified atom stereocenters. The molecule has 0 atom stereocenters.